The fourth-order valence-electron chi connectivity index (χ4n) is 1.52. The van der Waals surface area contributed by atoms with E-state index >= 15 is 0 Å². The van der Waals surface area contributed by atoms with Gasteiger partial charge in [0.05, 0.1) is 5.54 Å². The summed E-state index contributed by atoms with van der Waals surface area (Å²) >= 11 is 0. The van der Waals surface area contributed by atoms with Gasteiger partial charge < -0.3 is 10.6 Å². The van der Waals surface area contributed by atoms with Crippen LogP contribution in [0.25, 0.3) is 0 Å². The Kier molecular flexibility index (Phi) is 4.10. The Labute approximate surface area is 101 Å². The van der Waals surface area contributed by atoms with Gasteiger partial charge in [-0.15, -0.1) is 0 Å². The molecule has 1 aromatic rings. The van der Waals surface area contributed by atoms with Crippen LogP contribution in [-0.2, 0) is 5.54 Å². The van der Waals surface area contributed by atoms with Gasteiger partial charge in [0, 0.05) is 6.04 Å². The van der Waals surface area contributed by atoms with Crippen molar-refractivity contribution in [2.75, 3.05) is 0 Å². The summed E-state index contributed by atoms with van der Waals surface area (Å²) in [6.07, 6.45) is 0. The fraction of sp³-hybridized carbons (Fsp3) is 0.462. The maximum atomic E-state index is 12.8. The normalized spacial score (nSPS) is 11.4. The Morgan fingerprint density at radius 1 is 1.24 bits per heavy atom. The van der Waals surface area contributed by atoms with E-state index in [1.165, 1.54) is 12.1 Å². The summed E-state index contributed by atoms with van der Waals surface area (Å²) in [7, 11) is 0. The number of hydrogen-bond acceptors (Lipinski definition) is 1. The number of halogens is 1. The van der Waals surface area contributed by atoms with Gasteiger partial charge in [0.2, 0.25) is 0 Å². The first-order chi connectivity index (χ1) is 7.81. The quantitative estimate of drug-likeness (QED) is 0.835. The average Bonchev–Trinajstić information content (AvgIpc) is 2.15. The lowest BCUT2D eigenvalue weighted by atomic mass is 9.94. The molecule has 2 N–H and O–H groups in total. The Morgan fingerprint density at radius 2 is 1.76 bits per heavy atom. The predicted octanol–water partition coefficient (Wildman–Crippen LogP) is 2.77. The smallest absolute Gasteiger partial charge is 0.315 e. The van der Waals surface area contributed by atoms with Crippen molar-refractivity contribution in [2.45, 2.75) is 39.3 Å². The van der Waals surface area contributed by atoms with Crippen molar-refractivity contribution < 1.29 is 9.18 Å². The average molecular weight is 238 g/mol. The SMILES string of the molecule is CC(C)NC(=O)NC(C)(C)c1ccc(F)cc1. The van der Waals surface area contributed by atoms with Crippen LogP contribution in [0.15, 0.2) is 24.3 Å². The Bertz CT molecular complexity index is 385. The molecule has 17 heavy (non-hydrogen) atoms. The third-order valence-corrected chi connectivity index (χ3v) is 2.41. The number of hydrogen-bond donors (Lipinski definition) is 2. The highest BCUT2D eigenvalue weighted by Gasteiger charge is 2.22. The second-order valence-corrected chi connectivity index (χ2v) is 4.89. The van der Waals surface area contributed by atoms with Gasteiger partial charge in [0.25, 0.3) is 0 Å². The van der Waals surface area contributed by atoms with Gasteiger partial charge in [-0.25, -0.2) is 9.18 Å². The highest BCUT2D eigenvalue weighted by molar-refractivity contribution is 5.75. The van der Waals surface area contributed by atoms with E-state index in [2.05, 4.69) is 10.6 Å². The highest BCUT2D eigenvalue weighted by atomic mass is 19.1. The molecule has 0 radical (unpaired) electrons. The van der Waals surface area contributed by atoms with Gasteiger partial charge in [-0.2, -0.15) is 0 Å². The molecule has 0 heterocycles. The molecular formula is C13H19FN2O. The Morgan fingerprint density at radius 3 is 2.24 bits per heavy atom. The van der Waals surface area contributed by atoms with E-state index in [-0.39, 0.29) is 17.9 Å². The molecule has 0 aliphatic carbocycles. The van der Waals surface area contributed by atoms with E-state index in [0.717, 1.165) is 5.56 Å². The topological polar surface area (TPSA) is 41.1 Å². The second kappa shape index (κ2) is 5.17. The maximum Gasteiger partial charge on any atom is 0.315 e. The molecule has 0 unspecified atom stereocenters. The number of benzene rings is 1. The van der Waals surface area contributed by atoms with E-state index in [1.807, 2.05) is 27.7 Å². The van der Waals surface area contributed by atoms with E-state index in [1.54, 1.807) is 12.1 Å². The molecule has 1 aromatic carbocycles. The molecule has 0 atom stereocenters. The van der Waals surface area contributed by atoms with Crippen LogP contribution in [0, 0.1) is 5.82 Å². The molecule has 4 heteroatoms. The predicted molar refractivity (Wildman–Crippen MR) is 66.2 cm³/mol. The van der Waals surface area contributed by atoms with Crippen molar-refractivity contribution in [2.24, 2.45) is 0 Å². The maximum absolute atomic E-state index is 12.8. The fourth-order valence-corrected chi connectivity index (χ4v) is 1.52. The molecule has 3 nitrogen and oxygen atoms in total. The summed E-state index contributed by atoms with van der Waals surface area (Å²) in [5, 5.41) is 5.61. The summed E-state index contributed by atoms with van der Waals surface area (Å²) in [6, 6.07) is 5.97. The third kappa shape index (κ3) is 4.06. The van der Waals surface area contributed by atoms with Gasteiger partial charge in [-0.1, -0.05) is 12.1 Å². The minimum Gasteiger partial charge on any atom is -0.336 e. The molecule has 0 aromatic heterocycles. The van der Waals surface area contributed by atoms with Crippen molar-refractivity contribution in [3.63, 3.8) is 0 Å². The van der Waals surface area contributed by atoms with Gasteiger partial charge in [0.1, 0.15) is 5.82 Å². The molecule has 0 saturated carbocycles. The Hall–Kier alpha value is -1.58. The molecule has 0 fully saturated rings. The number of amides is 2. The number of rotatable bonds is 3. The molecule has 0 bridgehead atoms. The van der Waals surface area contributed by atoms with Crippen LogP contribution in [-0.4, -0.2) is 12.1 Å². The third-order valence-electron chi connectivity index (χ3n) is 2.41. The van der Waals surface area contributed by atoms with Gasteiger partial charge in [-0.3, -0.25) is 0 Å². The first-order valence-electron chi connectivity index (χ1n) is 5.66. The van der Waals surface area contributed by atoms with Crippen LogP contribution >= 0.6 is 0 Å². The summed E-state index contributed by atoms with van der Waals surface area (Å²) in [4.78, 5) is 11.6. The first-order valence-corrected chi connectivity index (χ1v) is 5.66. The van der Waals surface area contributed by atoms with E-state index in [0.29, 0.717) is 0 Å². The monoisotopic (exact) mass is 238 g/mol. The van der Waals surface area contributed by atoms with Gasteiger partial charge in [-0.05, 0) is 45.4 Å². The lowest BCUT2D eigenvalue weighted by Gasteiger charge is -2.27. The van der Waals surface area contributed by atoms with Crippen molar-refractivity contribution in [1.82, 2.24) is 10.6 Å². The molecule has 0 saturated heterocycles. The minimum absolute atomic E-state index is 0.0824. The van der Waals surface area contributed by atoms with Gasteiger partial charge >= 0.3 is 6.03 Å². The van der Waals surface area contributed by atoms with E-state index in [9.17, 15) is 9.18 Å². The molecule has 0 aliphatic rings. The summed E-state index contributed by atoms with van der Waals surface area (Å²) in [5.74, 6) is -0.281. The van der Waals surface area contributed by atoms with Crippen molar-refractivity contribution in [3.05, 3.63) is 35.6 Å². The van der Waals surface area contributed by atoms with Crippen molar-refractivity contribution in [3.8, 4) is 0 Å². The molecule has 0 spiro atoms. The van der Waals surface area contributed by atoms with Gasteiger partial charge in [0.15, 0.2) is 0 Å². The number of urea groups is 1. The molecule has 0 aliphatic heterocycles. The standard InChI is InChI=1S/C13H19FN2O/c1-9(2)15-12(17)16-13(3,4)10-5-7-11(14)8-6-10/h5-9H,1-4H3,(H2,15,16,17). The minimum atomic E-state index is -0.535. The molecular weight excluding hydrogens is 219 g/mol. The molecule has 2 amide bonds. The largest absolute Gasteiger partial charge is 0.336 e. The number of carbonyl (C=O) groups is 1. The highest BCUT2D eigenvalue weighted by Crippen LogP contribution is 2.19. The van der Waals surface area contributed by atoms with Crippen LogP contribution in [0.5, 0.6) is 0 Å². The zero-order valence-electron chi connectivity index (χ0n) is 10.7. The molecule has 1 rings (SSSR count). The van der Waals surface area contributed by atoms with E-state index < -0.39 is 5.54 Å². The zero-order valence-corrected chi connectivity index (χ0v) is 10.7. The molecule has 94 valence electrons. The summed E-state index contributed by atoms with van der Waals surface area (Å²) in [6.45, 7) is 7.54. The Balaban J connectivity index is 2.74. The van der Waals surface area contributed by atoms with Crippen LogP contribution in [0.2, 0.25) is 0 Å². The number of nitrogens with one attached hydrogen (secondary N) is 2. The lowest BCUT2D eigenvalue weighted by Crippen LogP contribution is -2.48. The van der Waals surface area contributed by atoms with Crippen LogP contribution in [0.3, 0.4) is 0 Å². The van der Waals surface area contributed by atoms with Crippen molar-refractivity contribution >= 4 is 6.03 Å². The lowest BCUT2D eigenvalue weighted by molar-refractivity contribution is 0.227. The first kappa shape index (κ1) is 13.5. The van der Waals surface area contributed by atoms with Crippen LogP contribution in [0.1, 0.15) is 33.3 Å². The van der Waals surface area contributed by atoms with Crippen molar-refractivity contribution in [1.29, 1.82) is 0 Å². The summed E-state index contributed by atoms with van der Waals surface area (Å²) < 4.78 is 12.8. The number of carbonyl (C=O) groups excluding carboxylic acids is 1. The van der Waals surface area contributed by atoms with E-state index in [4.69, 9.17) is 0 Å². The van der Waals surface area contributed by atoms with Crippen LogP contribution < -0.4 is 10.6 Å². The zero-order chi connectivity index (χ0) is 13.1. The summed E-state index contributed by atoms with van der Waals surface area (Å²) in [5.41, 5.74) is 0.324. The second-order valence-electron chi connectivity index (χ2n) is 4.89. The van der Waals surface area contributed by atoms with Crippen LogP contribution in [0.4, 0.5) is 9.18 Å².